The number of ether oxygens (including phenoxy) is 1. The van der Waals surface area contributed by atoms with Crippen LogP contribution in [0.15, 0.2) is 36.9 Å². The lowest BCUT2D eigenvalue weighted by Crippen LogP contribution is -2.49. The van der Waals surface area contributed by atoms with E-state index in [-0.39, 0.29) is 12.1 Å². The van der Waals surface area contributed by atoms with Crippen LogP contribution >= 0.6 is 0 Å². The standard InChI is InChI=1S/C19H24N4O3/c1-14-10-15-11-16(2-3-17(15)26-14)21-18(24)23-7-4-19(25,5-8-23)12-22-9-6-20-13-22/h2-3,6,9,11,13-14,25H,4-5,7-8,10,12H2,1H3,(H,21,24)/t14-/m1/s1. The largest absolute Gasteiger partial charge is 0.490 e. The minimum Gasteiger partial charge on any atom is -0.490 e. The Bertz CT molecular complexity index is 782. The number of anilines is 1. The number of nitrogens with one attached hydrogen (secondary N) is 1. The molecule has 3 heterocycles. The van der Waals surface area contributed by atoms with Gasteiger partial charge in [0.1, 0.15) is 11.9 Å². The van der Waals surface area contributed by atoms with Gasteiger partial charge in [0.05, 0.1) is 18.5 Å². The highest BCUT2D eigenvalue weighted by Crippen LogP contribution is 2.31. The summed E-state index contributed by atoms with van der Waals surface area (Å²) in [5, 5.41) is 13.7. The van der Waals surface area contributed by atoms with Crippen LogP contribution in [0.25, 0.3) is 0 Å². The third kappa shape index (κ3) is 3.53. The molecule has 138 valence electrons. The molecule has 0 spiro atoms. The van der Waals surface area contributed by atoms with E-state index in [0.717, 1.165) is 23.4 Å². The van der Waals surface area contributed by atoms with Gasteiger partial charge in [-0.3, -0.25) is 0 Å². The molecule has 2 aliphatic heterocycles. The lowest BCUT2D eigenvalue weighted by atomic mass is 9.91. The number of rotatable bonds is 3. The second-order valence-corrected chi connectivity index (χ2v) is 7.33. The van der Waals surface area contributed by atoms with Gasteiger partial charge in [-0.1, -0.05) is 0 Å². The number of hydrogen-bond donors (Lipinski definition) is 2. The molecule has 1 saturated heterocycles. The molecule has 2 aliphatic rings. The quantitative estimate of drug-likeness (QED) is 0.884. The Morgan fingerprint density at radius 1 is 1.42 bits per heavy atom. The van der Waals surface area contributed by atoms with Crippen LogP contribution in [-0.2, 0) is 13.0 Å². The van der Waals surface area contributed by atoms with Crippen molar-refractivity contribution in [3.8, 4) is 5.75 Å². The average molecular weight is 356 g/mol. The second kappa shape index (κ2) is 6.64. The van der Waals surface area contributed by atoms with Gasteiger partial charge in [-0.25, -0.2) is 9.78 Å². The van der Waals surface area contributed by atoms with Crippen molar-refractivity contribution in [2.45, 2.75) is 44.4 Å². The van der Waals surface area contributed by atoms with E-state index in [1.165, 1.54) is 0 Å². The summed E-state index contributed by atoms with van der Waals surface area (Å²) < 4.78 is 7.57. The Labute approximate surface area is 152 Å². The zero-order valence-corrected chi connectivity index (χ0v) is 14.9. The number of carbonyl (C=O) groups excluding carboxylic acids is 1. The topological polar surface area (TPSA) is 79.6 Å². The number of carbonyl (C=O) groups is 1. The summed E-state index contributed by atoms with van der Waals surface area (Å²) in [6.07, 6.45) is 7.40. The van der Waals surface area contributed by atoms with Crippen LogP contribution in [0.3, 0.4) is 0 Å². The summed E-state index contributed by atoms with van der Waals surface area (Å²) in [6, 6.07) is 5.64. The van der Waals surface area contributed by atoms with Crippen molar-refractivity contribution in [2.24, 2.45) is 0 Å². The van der Waals surface area contributed by atoms with E-state index < -0.39 is 5.60 Å². The molecule has 1 atom stereocenters. The average Bonchev–Trinajstić information content (AvgIpc) is 3.23. The number of urea groups is 1. The van der Waals surface area contributed by atoms with Crippen LogP contribution in [0.1, 0.15) is 25.3 Å². The maximum absolute atomic E-state index is 12.5. The minimum absolute atomic E-state index is 0.124. The number of aromatic nitrogens is 2. The summed E-state index contributed by atoms with van der Waals surface area (Å²) in [7, 11) is 0. The predicted octanol–water partition coefficient (Wildman–Crippen LogP) is 2.27. The van der Waals surface area contributed by atoms with Crippen LogP contribution in [0.5, 0.6) is 5.75 Å². The first-order valence-electron chi connectivity index (χ1n) is 9.04. The maximum Gasteiger partial charge on any atom is 0.321 e. The Hall–Kier alpha value is -2.54. The normalized spacial score (nSPS) is 21.2. The molecule has 1 aromatic carbocycles. The van der Waals surface area contributed by atoms with Gasteiger partial charge in [-0.05, 0) is 43.5 Å². The summed E-state index contributed by atoms with van der Waals surface area (Å²) in [6.45, 7) is 3.60. The van der Waals surface area contributed by atoms with Crippen LogP contribution in [-0.4, -0.2) is 50.4 Å². The van der Waals surface area contributed by atoms with Crippen molar-refractivity contribution in [1.82, 2.24) is 14.5 Å². The molecular weight excluding hydrogens is 332 g/mol. The van der Waals surface area contributed by atoms with Gasteiger partial charge >= 0.3 is 6.03 Å². The van der Waals surface area contributed by atoms with E-state index in [2.05, 4.69) is 10.3 Å². The van der Waals surface area contributed by atoms with Gasteiger partial charge < -0.3 is 24.6 Å². The Balaban J connectivity index is 1.33. The highest BCUT2D eigenvalue weighted by atomic mass is 16.5. The second-order valence-electron chi connectivity index (χ2n) is 7.33. The molecule has 1 fully saturated rings. The van der Waals surface area contributed by atoms with Gasteiger partial charge in [0, 0.05) is 37.6 Å². The fourth-order valence-electron chi connectivity index (χ4n) is 3.71. The third-order valence-corrected chi connectivity index (χ3v) is 5.16. The first-order valence-corrected chi connectivity index (χ1v) is 9.04. The smallest absolute Gasteiger partial charge is 0.321 e. The number of imidazole rings is 1. The molecule has 0 unspecified atom stereocenters. The van der Waals surface area contributed by atoms with E-state index in [9.17, 15) is 9.90 Å². The van der Waals surface area contributed by atoms with Crippen molar-refractivity contribution >= 4 is 11.7 Å². The Morgan fingerprint density at radius 2 is 2.23 bits per heavy atom. The minimum atomic E-state index is -0.793. The molecule has 7 nitrogen and oxygen atoms in total. The van der Waals surface area contributed by atoms with Crippen molar-refractivity contribution in [1.29, 1.82) is 0 Å². The fourth-order valence-corrected chi connectivity index (χ4v) is 3.71. The maximum atomic E-state index is 12.5. The Morgan fingerprint density at radius 3 is 2.96 bits per heavy atom. The first kappa shape index (κ1) is 16.9. The lowest BCUT2D eigenvalue weighted by molar-refractivity contribution is -0.0247. The summed E-state index contributed by atoms with van der Waals surface area (Å²) in [4.78, 5) is 18.3. The van der Waals surface area contributed by atoms with Gasteiger partial charge in [-0.2, -0.15) is 0 Å². The molecule has 2 aromatic rings. The van der Waals surface area contributed by atoms with Crippen LogP contribution in [0.4, 0.5) is 10.5 Å². The molecule has 1 aromatic heterocycles. The van der Waals surface area contributed by atoms with Gasteiger partial charge in [0.25, 0.3) is 0 Å². The SMILES string of the molecule is C[C@@H]1Cc2cc(NC(=O)N3CCC(O)(Cn4ccnc4)CC3)ccc2O1. The molecular formula is C19H24N4O3. The Kier molecular flexibility index (Phi) is 4.32. The molecule has 0 aliphatic carbocycles. The van der Waals surface area contributed by atoms with Crippen LogP contribution in [0.2, 0.25) is 0 Å². The van der Waals surface area contributed by atoms with E-state index >= 15 is 0 Å². The lowest BCUT2D eigenvalue weighted by Gasteiger charge is -2.38. The first-order chi connectivity index (χ1) is 12.5. The number of fused-ring (bicyclic) bond motifs is 1. The number of amides is 2. The number of aliphatic hydroxyl groups is 1. The van der Waals surface area contributed by atoms with Crippen molar-refractivity contribution in [3.05, 3.63) is 42.5 Å². The van der Waals surface area contributed by atoms with Gasteiger partial charge in [0.15, 0.2) is 0 Å². The highest BCUT2D eigenvalue weighted by Gasteiger charge is 2.34. The van der Waals surface area contributed by atoms with Gasteiger partial charge in [0.2, 0.25) is 0 Å². The molecule has 2 amide bonds. The summed E-state index contributed by atoms with van der Waals surface area (Å²) in [5.74, 6) is 0.901. The van der Waals surface area contributed by atoms with E-state index in [1.54, 1.807) is 17.4 Å². The zero-order chi connectivity index (χ0) is 18.1. The number of benzene rings is 1. The monoisotopic (exact) mass is 356 g/mol. The van der Waals surface area contributed by atoms with E-state index in [0.29, 0.717) is 32.5 Å². The number of piperidine rings is 1. The molecule has 0 radical (unpaired) electrons. The molecule has 2 N–H and O–H groups in total. The zero-order valence-electron chi connectivity index (χ0n) is 14.9. The van der Waals surface area contributed by atoms with Crippen molar-refractivity contribution in [3.63, 3.8) is 0 Å². The van der Waals surface area contributed by atoms with E-state index in [4.69, 9.17) is 4.74 Å². The number of hydrogen-bond acceptors (Lipinski definition) is 4. The summed E-state index contributed by atoms with van der Waals surface area (Å²) in [5.41, 5.74) is 1.12. The fraction of sp³-hybridized carbons (Fsp3) is 0.474. The number of likely N-dealkylation sites (tertiary alicyclic amines) is 1. The molecule has 0 saturated carbocycles. The molecule has 7 heteroatoms. The molecule has 4 rings (SSSR count). The van der Waals surface area contributed by atoms with Gasteiger partial charge in [-0.15, -0.1) is 0 Å². The summed E-state index contributed by atoms with van der Waals surface area (Å²) >= 11 is 0. The highest BCUT2D eigenvalue weighted by molar-refractivity contribution is 5.89. The molecule has 0 bridgehead atoms. The third-order valence-electron chi connectivity index (χ3n) is 5.16. The van der Waals surface area contributed by atoms with E-state index in [1.807, 2.05) is 35.9 Å². The van der Waals surface area contributed by atoms with Crippen molar-refractivity contribution in [2.75, 3.05) is 18.4 Å². The van der Waals surface area contributed by atoms with Crippen molar-refractivity contribution < 1.29 is 14.6 Å². The molecule has 26 heavy (non-hydrogen) atoms. The predicted molar refractivity (Wildman–Crippen MR) is 97.2 cm³/mol. The van der Waals surface area contributed by atoms with Crippen LogP contribution in [0, 0.1) is 0 Å². The number of nitrogens with zero attached hydrogens (tertiary/aromatic N) is 3. The van der Waals surface area contributed by atoms with Crippen LogP contribution < -0.4 is 10.1 Å².